The van der Waals surface area contributed by atoms with Crippen LogP contribution in [-0.4, -0.2) is 17.7 Å². The molecule has 1 fully saturated rings. The molecule has 130 valence electrons. The molecule has 4 nitrogen and oxygen atoms in total. The molecule has 2 aromatic carbocycles. The van der Waals surface area contributed by atoms with Crippen LogP contribution in [0.5, 0.6) is 0 Å². The van der Waals surface area contributed by atoms with Crippen molar-refractivity contribution in [3.63, 3.8) is 0 Å². The lowest BCUT2D eigenvalue weighted by Crippen LogP contribution is -2.36. The molecule has 0 saturated carbocycles. The van der Waals surface area contributed by atoms with Crippen LogP contribution in [-0.2, 0) is 11.2 Å². The first-order valence-corrected chi connectivity index (χ1v) is 9.01. The van der Waals surface area contributed by atoms with Crippen LogP contribution in [0.3, 0.4) is 0 Å². The number of nitrogens with one attached hydrogen (secondary N) is 1. The van der Waals surface area contributed by atoms with Crippen LogP contribution in [0.2, 0.25) is 0 Å². The lowest BCUT2D eigenvalue weighted by molar-refractivity contribution is -0.0381. The van der Waals surface area contributed by atoms with E-state index >= 15 is 0 Å². The Bertz CT molecular complexity index is 784. The lowest BCUT2D eigenvalue weighted by atomic mass is 9.77. The number of carboxylic acids is 1. The van der Waals surface area contributed by atoms with Crippen molar-refractivity contribution >= 4 is 11.7 Å². The maximum absolute atomic E-state index is 11.1. The standard InChI is InChI=1S/C21H23NO3/c1-2-13-5-10-18-17(12-13)20-16(4-3-11-25-20)19(22-18)14-6-8-15(9-7-14)21(23)24/h5-10,12,16,19-20,22H,2-4,11H2,1H3,(H,23,24)/t16-,19+,20-/m0/s1. The van der Waals surface area contributed by atoms with Crippen LogP contribution in [0.1, 0.15) is 59.0 Å². The summed E-state index contributed by atoms with van der Waals surface area (Å²) in [6.07, 6.45) is 3.31. The lowest BCUT2D eigenvalue weighted by Gasteiger charge is -2.43. The van der Waals surface area contributed by atoms with Crippen LogP contribution in [0.25, 0.3) is 0 Å². The predicted octanol–water partition coefficient (Wildman–Crippen LogP) is 4.58. The van der Waals surface area contributed by atoms with Crippen LogP contribution in [0.4, 0.5) is 5.69 Å². The van der Waals surface area contributed by atoms with E-state index in [1.54, 1.807) is 12.1 Å². The predicted molar refractivity (Wildman–Crippen MR) is 97.0 cm³/mol. The van der Waals surface area contributed by atoms with Crippen molar-refractivity contribution in [2.24, 2.45) is 5.92 Å². The number of rotatable bonds is 3. The van der Waals surface area contributed by atoms with E-state index in [1.807, 2.05) is 12.1 Å². The van der Waals surface area contributed by atoms with Gasteiger partial charge in [0.05, 0.1) is 17.7 Å². The molecule has 2 N–H and O–H groups in total. The topological polar surface area (TPSA) is 58.6 Å². The second-order valence-corrected chi connectivity index (χ2v) is 6.92. The maximum atomic E-state index is 11.1. The Hall–Kier alpha value is -2.33. The number of hydrogen-bond donors (Lipinski definition) is 2. The zero-order valence-corrected chi connectivity index (χ0v) is 14.4. The van der Waals surface area contributed by atoms with Crippen LogP contribution in [0, 0.1) is 5.92 Å². The quantitative estimate of drug-likeness (QED) is 0.860. The van der Waals surface area contributed by atoms with Gasteiger partial charge in [-0.3, -0.25) is 0 Å². The zero-order chi connectivity index (χ0) is 17.4. The van der Waals surface area contributed by atoms with Gasteiger partial charge in [0.25, 0.3) is 0 Å². The molecule has 2 aliphatic heterocycles. The summed E-state index contributed by atoms with van der Waals surface area (Å²) in [6, 6.07) is 14.0. The van der Waals surface area contributed by atoms with Crippen LogP contribution in [0.15, 0.2) is 42.5 Å². The third-order valence-electron chi connectivity index (χ3n) is 5.45. The number of aromatic carboxylic acids is 1. The molecule has 0 aromatic heterocycles. The first-order chi connectivity index (χ1) is 12.2. The number of ether oxygens (including phenoxy) is 1. The van der Waals surface area contributed by atoms with Gasteiger partial charge < -0.3 is 15.2 Å². The molecule has 3 atom stereocenters. The van der Waals surface area contributed by atoms with E-state index in [2.05, 4.69) is 30.4 Å². The van der Waals surface area contributed by atoms with Crippen LogP contribution >= 0.6 is 0 Å². The molecule has 0 bridgehead atoms. The van der Waals surface area contributed by atoms with Gasteiger partial charge in [0.15, 0.2) is 0 Å². The van der Waals surface area contributed by atoms with E-state index in [1.165, 1.54) is 11.1 Å². The first kappa shape index (κ1) is 16.2. The molecule has 4 heteroatoms. The Morgan fingerprint density at radius 3 is 2.76 bits per heavy atom. The average Bonchev–Trinajstić information content (AvgIpc) is 2.67. The van der Waals surface area contributed by atoms with Gasteiger partial charge in [-0.15, -0.1) is 0 Å². The Balaban J connectivity index is 1.72. The Morgan fingerprint density at radius 2 is 2.04 bits per heavy atom. The van der Waals surface area contributed by atoms with Gasteiger partial charge in [0, 0.05) is 23.8 Å². The van der Waals surface area contributed by atoms with E-state index in [9.17, 15) is 4.79 Å². The number of anilines is 1. The molecule has 2 aromatic rings. The Labute approximate surface area is 147 Å². The van der Waals surface area contributed by atoms with Gasteiger partial charge in [0.1, 0.15) is 0 Å². The van der Waals surface area contributed by atoms with Crippen molar-refractivity contribution in [3.05, 3.63) is 64.7 Å². The number of benzene rings is 2. The Kier molecular flexibility index (Phi) is 4.22. The molecule has 4 rings (SSSR count). The summed E-state index contributed by atoms with van der Waals surface area (Å²) in [7, 11) is 0. The fraction of sp³-hybridized carbons (Fsp3) is 0.381. The smallest absolute Gasteiger partial charge is 0.335 e. The SMILES string of the molecule is CCc1ccc2c(c1)[C@H]1OCCC[C@H]1[C@@H](c1ccc(C(=O)O)cc1)N2. The summed E-state index contributed by atoms with van der Waals surface area (Å²) in [5.74, 6) is -0.525. The minimum Gasteiger partial charge on any atom is -0.478 e. The van der Waals surface area contributed by atoms with Crippen molar-refractivity contribution in [1.29, 1.82) is 0 Å². The fourth-order valence-corrected chi connectivity index (χ4v) is 4.10. The molecule has 2 heterocycles. The highest BCUT2D eigenvalue weighted by molar-refractivity contribution is 5.87. The third-order valence-corrected chi connectivity index (χ3v) is 5.45. The molecular weight excluding hydrogens is 314 g/mol. The number of hydrogen-bond acceptors (Lipinski definition) is 3. The monoisotopic (exact) mass is 337 g/mol. The summed E-state index contributed by atoms with van der Waals surface area (Å²) in [5.41, 5.74) is 5.17. The third kappa shape index (κ3) is 2.91. The van der Waals surface area contributed by atoms with Crippen molar-refractivity contribution in [2.75, 3.05) is 11.9 Å². The fourth-order valence-electron chi connectivity index (χ4n) is 4.10. The number of carboxylic acid groups (broad SMARTS) is 1. The average molecular weight is 337 g/mol. The molecule has 0 radical (unpaired) electrons. The minimum atomic E-state index is -0.889. The second kappa shape index (κ2) is 6.52. The molecule has 2 aliphatic rings. The van der Waals surface area contributed by atoms with E-state index in [-0.39, 0.29) is 12.1 Å². The van der Waals surface area contributed by atoms with Gasteiger partial charge in [-0.1, -0.05) is 31.2 Å². The summed E-state index contributed by atoms with van der Waals surface area (Å²) < 4.78 is 6.19. The molecule has 0 unspecified atom stereocenters. The minimum absolute atomic E-state index is 0.112. The molecule has 25 heavy (non-hydrogen) atoms. The van der Waals surface area contributed by atoms with E-state index in [4.69, 9.17) is 9.84 Å². The van der Waals surface area contributed by atoms with Gasteiger partial charge >= 0.3 is 5.97 Å². The first-order valence-electron chi connectivity index (χ1n) is 9.01. The van der Waals surface area contributed by atoms with Crippen molar-refractivity contribution in [2.45, 2.75) is 38.3 Å². The number of aryl methyl sites for hydroxylation is 1. The molecular formula is C21H23NO3. The molecule has 0 aliphatic carbocycles. The summed E-state index contributed by atoms with van der Waals surface area (Å²) in [5, 5.41) is 12.8. The maximum Gasteiger partial charge on any atom is 0.335 e. The highest BCUT2D eigenvalue weighted by atomic mass is 16.5. The Morgan fingerprint density at radius 1 is 1.24 bits per heavy atom. The molecule has 1 saturated heterocycles. The largest absolute Gasteiger partial charge is 0.478 e. The van der Waals surface area contributed by atoms with E-state index < -0.39 is 5.97 Å². The highest BCUT2D eigenvalue weighted by Crippen LogP contribution is 2.49. The summed E-state index contributed by atoms with van der Waals surface area (Å²) in [6.45, 7) is 2.98. The van der Waals surface area contributed by atoms with Gasteiger partial charge in [-0.05, 0) is 48.6 Å². The highest BCUT2D eigenvalue weighted by Gasteiger charge is 2.39. The van der Waals surface area contributed by atoms with Gasteiger partial charge in [-0.2, -0.15) is 0 Å². The molecule has 0 spiro atoms. The van der Waals surface area contributed by atoms with Crippen molar-refractivity contribution in [3.8, 4) is 0 Å². The number of fused-ring (bicyclic) bond motifs is 3. The van der Waals surface area contributed by atoms with Crippen LogP contribution < -0.4 is 5.32 Å². The second-order valence-electron chi connectivity index (χ2n) is 6.92. The normalized spacial score (nSPS) is 24.8. The van der Waals surface area contributed by atoms with Crippen molar-refractivity contribution in [1.82, 2.24) is 0 Å². The summed E-state index contributed by atoms with van der Waals surface area (Å²) >= 11 is 0. The van der Waals surface area contributed by atoms with Gasteiger partial charge in [-0.25, -0.2) is 4.79 Å². The zero-order valence-electron chi connectivity index (χ0n) is 14.4. The van der Waals surface area contributed by atoms with Gasteiger partial charge in [0.2, 0.25) is 0 Å². The van der Waals surface area contributed by atoms with E-state index in [0.29, 0.717) is 11.5 Å². The molecule has 0 amide bonds. The van der Waals surface area contributed by atoms with E-state index in [0.717, 1.165) is 37.1 Å². The number of carbonyl (C=O) groups is 1. The van der Waals surface area contributed by atoms with Crippen molar-refractivity contribution < 1.29 is 14.6 Å². The summed E-state index contributed by atoms with van der Waals surface area (Å²) in [4.78, 5) is 11.1.